The van der Waals surface area contributed by atoms with Crippen LogP contribution in [0, 0.1) is 0 Å². The zero-order valence-corrected chi connectivity index (χ0v) is 15.8. The van der Waals surface area contributed by atoms with Crippen LogP contribution in [0.4, 0.5) is 0 Å². The Morgan fingerprint density at radius 2 is 1.10 bits per heavy atom. The van der Waals surface area contributed by atoms with Crippen molar-refractivity contribution in [2.45, 2.75) is 78.1 Å². The highest BCUT2D eigenvalue weighted by molar-refractivity contribution is 5.85. The van der Waals surface area contributed by atoms with Gasteiger partial charge < -0.3 is 9.59 Å². The number of aliphatic carboxylic acids is 1. The van der Waals surface area contributed by atoms with E-state index in [-0.39, 0.29) is 12.4 Å². The maximum atomic E-state index is 9.00. The van der Waals surface area contributed by atoms with Crippen LogP contribution in [0.2, 0.25) is 0 Å². The smallest absolute Gasteiger partial charge is 0.300 e. The minimum absolute atomic E-state index is 0. The first-order valence-electron chi connectivity index (χ1n) is 8.29. The Bertz CT molecular complexity index is 211. The second kappa shape index (κ2) is 17.8. The predicted octanol–water partition coefficient (Wildman–Crippen LogP) is 5.13. The molecule has 3 nitrogen and oxygen atoms in total. The molecule has 0 radical (unpaired) electrons. The fourth-order valence-electron chi connectivity index (χ4n) is 2.07. The number of halogens is 1. The van der Waals surface area contributed by atoms with Crippen LogP contribution in [0.25, 0.3) is 0 Å². The minimum Gasteiger partial charge on any atom is -0.481 e. The summed E-state index contributed by atoms with van der Waals surface area (Å²) in [6, 6.07) is 0. The molecule has 0 aromatic carbocycles. The second-order valence-corrected chi connectivity index (χ2v) is 6.71. The number of carboxylic acid groups (broad SMARTS) is 1. The first-order valence-corrected chi connectivity index (χ1v) is 8.29. The van der Waals surface area contributed by atoms with Gasteiger partial charge in [0.25, 0.3) is 5.97 Å². The standard InChI is InChI=1S/C15H34N.C2H4O2.ClH/c1-5-6-7-8-9-10-11-12-13-14-15-16(2,3)4;1-2(3)4;/h5-15H2,1-4H3;1H3,(H,3,4);1H/q+1;;. The van der Waals surface area contributed by atoms with Crippen molar-refractivity contribution in [1.82, 2.24) is 0 Å². The van der Waals surface area contributed by atoms with Gasteiger partial charge in [-0.2, -0.15) is 0 Å². The van der Waals surface area contributed by atoms with E-state index in [1.54, 1.807) is 0 Å². The van der Waals surface area contributed by atoms with Crippen molar-refractivity contribution in [1.29, 1.82) is 0 Å². The van der Waals surface area contributed by atoms with Gasteiger partial charge in [0.2, 0.25) is 0 Å². The number of nitrogens with zero attached hydrogens (tertiary/aromatic N) is 1. The lowest BCUT2D eigenvalue weighted by molar-refractivity contribution is -0.870. The molecule has 4 heteroatoms. The van der Waals surface area contributed by atoms with Gasteiger partial charge in [0, 0.05) is 6.92 Å². The van der Waals surface area contributed by atoms with Gasteiger partial charge in [-0.05, 0) is 12.8 Å². The van der Waals surface area contributed by atoms with Gasteiger partial charge in [0.1, 0.15) is 0 Å². The van der Waals surface area contributed by atoms with Crippen molar-refractivity contribution < 1.29 is 14.4 Å². The van der Waals surface area contributed by atoms with Crippen LogP contribution >= 0.6 is 12.4 Å². The SMILES string of the molecule is CC(=O)O.CCCCCCCCCCCC[N+](C)(C)C.Cl. The van der Waals surface area contributed by atoms with Gasteiger partial charge in [0.15, 0.2) is 0 Å². The van der Waals surface area contributed by atoms with E-state index < -0.39 is 5.97 Å². The molecule has 0 aliphatic carbocycles. The molecule has 0 fully saturated rings. The molecule has 21 heavy (non-hydrogen) atoms. The average molecular weight is 325 g/mol. The fraction of sp³-hybridized carbons (Fsp3) is 0.941. The number of carboxylic acids is 1. The molecule has 0 heterocycles. The number of rotatable bonds is 11. The van der Waals surface area contributed by atoms with Crippen LogP contribution in [0.3, 0.4) is 0 Å². The van der Waals surface area contributed by atoms with Gasteiger partial charge in [-0.1, -0.05) is 58.3 Å². The number of quaternary nitrogens is 1. The van der Waals surface area contributed by atoms with Gasteiger partial charge in [-0.25, -0.2) is 0 Å². The first kappa shape index (κ1) is 25.7. The third kappa shape index (κ3) is 38.3. The summed E-state index contributed by atoms with van der Waals surface area (Å²) in [6.07, 6.45) is 14.4. The highest BCUT2D eigenvalue weighted by atomic mass is 35.5. The number of hydrogen-bond acceptors (Lipinski definition) is 1. The van der Waals surface area contributed by atoms with Crippen molar-refractivity contribution in [3.8, 4) is 0 Å². The quantitative estimate of drug-likeness (QED) is 0.422. The van der Waals surface area contributed by atoms with Crippen LogP contribution in [-0.4, -0.2) is 43.2 Å². The minimum atomic E-state index is -0.833. The Labute approximate surface area is 139 Å². The van der Waals surface area contributed by atoms with Crippen molar-refractivity contribution in [2.75, 3.05) is 27.7 Å². The average Bonchev–Trinajstić information content (AvgIpc) is 2.29. The van der Waals surface area contributed by atoms with Gasteiger partial charge in [0.05, 0.1) is 27.7 Å². The van der Waals surface area contributed by atoms with Crippen LogP contribution in [0.5, 0.6) is 0 Å². The molecule has 0 saturated carbocycles. The van der Waals surface area contributed by atoms with E-state index in [9.17, 15) is 0 Å². The van der Waals surface area contributed by atoms with Crippen LogP contribution < -0.4 is 0 Å². The molecule has 0 spiro atoms. The number of unbranched alkanes of at least 4 members (excludes halogenated alkanes) is 9. The molecule has 130 valence electrons. The van der Waals surface area contributed by atoms with Crippen LogP contribution in [0.1, 0.15) is 78.1 Å². The fourth-order valence-corrected chi connectivity index (χ4v) is 2.07. The van der Waals surface area contributed by atoms with Crippen molar-refractivity contribution >= 4 is 18.4 Å². The molecule has 0 aliphatic rings. The summed E-state index contributed by atoms with van der Waals surface area (Å²) in [4.78, 5) is 9.00. The predicted molar refractivity (Wildman–Crippen MR) is 95.3 cm³/mol. The highest BCUT2D eigenvalue weighted by Crippen LogP contribution is 2.10. The molecule has 0 atom stereocenters. The molecule has 0 rings (SSSR count). The number of hydrogen-bond donors (Lipinski definition) is 1. The zero-order chi connectivity index (χ0) is 15.9. The van der Waals surface area contributed by atoms with Crippen LogP contribution in [-0.2, 0) is 4.79 Å². The third-order valence-corrected chi connectivity index (χ3v) is 3.18. The summed E-state index contributed by atoms with van der Waals surface area (Å²) in [5.41, 5.74) is 0. The Hall–Kier alpha value is -0.280. The lowest BCUT2D eigenvalue weighted by Crippen LogP contribution is -2.35. The van der Waals surface area contributed by atoms with E-state index in [1.807, 2.05) is 0 Å². The van der Waals surface area contributed by atoms with E-state index in [0.29, 0.717) is 0 Å². The van der Waals surface area contributed by atoms with Crippen molar-refractivity contribution in [2.24, 2.45) is 0 Å². The Kier molecular flexibility index (Phi) is 21.7. The molecular weight excluding hydrogens is 286 g/mol. The molecule has 0 amide bonds. The molecule has 0 aromatic heterocycles. The highest BCUT2D eigenvalue weighted by Gasteiger charge is 2.04. The van der Waals surface area contributed by atoms with Crippen LogP contribution in [0.15, 0.2) is 0 Å². The van der Waals surface area contributed by atoms with Gasteiger partial charge in [-0.15, -0.1) is 12.4 Å². The van der Waals surface area contributed by atoms with Gasteiger partial charge in [-0.3, -0.25) is 4.79 Å². The Morgan fingerprint density at radius 3 is 1.38 bits per heavy atom. The Balaban J connectivity index is -0.000000572. The zero-order valence-electron chi connectivity index (χ0n) is 15.0. The summed E-state index contributed by atoms with van der Waals surface area (Å²) >= 11 is 0. The van der Waals surface area contributed by atoms with E-state index in [2.05, 4.69) is 28.1 Å². The molecule has 0 unspecified atom stereocenters. The summed E-state index contributed by atoms with van der Waals surface area (Å²) in [5.74, 6) is -0.833. The first-order chi connectivity index (χ1) is 9.29. The van der Waals surface area contributed by atoms with Crippen molar-refractivity contribution in [3.63, 3.8) is 0 Å². The molecule has 0 saturated heterocycles. The van der Waals surface area contributed by atoms with Gasteiger partial charge >= 0.3 is 0 Å². The van der Waals surface area contributed by atoms with E-state index in [0.717, 1.165) is 11.4 Å². The molecule has 0 aromatic rings. The topological polar surface area (TPSA) is 37.3 Å². The Morgan fingerprint density at radius 1 is 0.810 bits per heavy atom. The number of carbonyl (C=O) groups is 1. The summed E-state index contributed by atoms with van der Waals surface area (Å²) in [5, 5.41) is 7.42. The molecule has 0 bridgehead atoms. The third-order valence-electron chi connectivity index (χ3n) is 3.18. The second-order valence-electron chi connectivity index (χ2n) is 6.71. The molecular formula is C17H39ClNO2+. The monoisotopic (exact) mass is 324 g/mol. The summed E-state index contributed by atoms with van der Waals surface area (Å²) in [6.45, 7) is 4.70. The summed E-state index contributed by atoms with van der Waals surface area (Å²) < 4.78 is 1.12. The maximum Gasteiger partial charge on any atom is 0.300 e. The lowest BCUT2D eigenvalue weighted by Gasteiger charge is -2.23. The summed E-state index contributed by atoms with van der Waals surface area (Å²) in [7, 11) is 6.86. The normalized spacial score (nSPS) is 10.3. The molecule has 1 N–H and O–H groups in total. The van der Waals surface area contributed by atoms with E-state index >= 15 is 0 Å². The van der Waals surface area contributed by atoms with E-state index in [4.69, 9.17) is 9.90 Å². The van der Waals surface area contributed by atoms with Crippen molar-refractivity contribution in [3.05, 3.63) is 0 Å². The molecule has 0 aliphatic heterocycles. The van der Waals surface area contributed by atoms with E-state index in [1.165, 1.54) is 70.8 Å². The lowest BCUT2D eigenvalue weighted by atomic mass is 10.1. The largest absolute Gasteiger partial charge is 0.481 e. The maximum absolute atomic E-state index is 9.00.